The van der Waals surface area contributed by atoms with Crippen LogP contribution in [0.15, 0.2) is 97.2 Å². The summed E-state index contributed by atoms with van der Waals surface area (Å²) in [5.74, 6) is 0.336. The largest absolute Gasteiger partial charge is 0.366 e. The molecule has 2 aromatic rings. The summed E-state index contributed by atoms with van der Waals surface area (Å²) in [5.41, 5.74) is 0.713. The number of halogens is 1. The molecule has 244 valence electrons. The fourth-order valence-corrected chi connectivity index (χ4v) is 4.01. The number of aromatic nitrogens is 1. The summed E-state index contributed by atoms with van der Waals surface area (Å²) in [6.07, 6.45) is 27.0. The highest BCUT2D eigenvalue weighted by atomic mass is 19.1. The number of allylic oxidation sites excluding steroid dienone is 10. The molecule has 0 aliphatic rings. The fourth-order valence-electron chi connectivity index (χ4n) is 4.01. The van der Waals surface area contributed by atoms with Crippen molar-refractivity contribution in [2.24, 2.45) is 0 Å². The zero-order valence-electron chi connectivity index (χ0n) is 27.3. The minimum absolute atomic E-state index is 0.148. The molecule has 1 heterocycles. The van der Waals surface area contributed by atoms with E-state index in [0.29, 0.717) is 30.9 Å². The number of benzene rings is 1. The molecule has 0 fully saturated rings. The molecule has 7 nitrogen and oxygen atoms in total. The van der Waals surface area contributed by atoms with Gasteiger partial charge in [0.25, 0.3) is 0 Å². The van der Waals surface area contributed by atoms with Crippen LogP contribution in [0.25, 0.3) is 0 Å². The van der Waals surface area contributed by atoms with E-state index in [1.54, 1.807) is 24.3 Å². The molecule has 1 aromatic heterocycles. The number of carbonyl (C=O) groups excluding carboxylic acids is 1. The highest BCUT2D eigenvalue weighted by Crippen LogP contribution is 2.24. The maximum Gasteiger partial charge on any atom is 0.237 e. The molecule has 0 saturated heterocycles. The van der Waals surface area contributed by atoms with Gasteiger partial charge >= 0.3 is 0 Å². The lowest BCUT2D eigenvalue weighted by atomic mass is 10.2. The minimum Gasteiger partial charge on any atom is -0.366 e. The van der Waals surface area contributed by atoms with Crippen LogP contribution in [0.5, 0.6) is 0 Å². The first-order chi connectivity index (χ1) is 21.7. The predicted octanol–water partition coefficient (Wildman–Crippen LogP) is 9.20. The summed E-state index contributed by atoms with van der Waals surface area (Å²) >= 11 is 0. The van der Waals surface area contributed by atoms with E-state index in [4.69, 9.17) is 4.74 Å². The Bertz CT molecular complexity index is 1280. The number of amides is 1. The van der Waals surface area contributed by atoms with Crippen LogP contribution in [0.4, 0.5) is 21.7 Å². The van der Waals surface area contributed by atoms with E-state index in [-0.39, 0.29) is 17.5 Å². The number of anilines is 3. The molecule has 0 aliphatic carbocycles. The summed E-state index contributed by atoms with van der Waals surface area (Å²) in [7, 11) is 0. The van der Waals surface area contributed by atoms with Crippen molar-refractivity contribution < 1.29 is 19.0 Å². The van der Waals surface area contributed by atoms with Crippen LogP contribution < -0.4 is 16.0 Å². The Morgan fingerprint density at radius 3 is 2.04 bits per heavy atom. The zero-order chi connectivity index (χ0) is 32.8. The van der Waals surface area contributed by atoms with Crippen molar-refractivity contribution in [3.8, 4) is 0 Å². The number of unbranched alkanes of at least 4 members (excludes halogenated alkanes) is 1. The van der Waals surface area contributed by atoms with Gasteiger partial charge in [-0.3, -0.25) is 4.79 Å². The average molecular weight is 619 g/mol. The Balaban J connectivity index is 1.78. The number of nitrogens with zero attached hydrogens (tertiary/aromatic N) is 1. The Morgan fingerprint density at radius 2 is 1.47 bits per heavy atom. The summed E-state index contributed by atoms with van der Waals surface area (Å²) < 4.78 is 18.8. The maximum absolute atomic E-state index is 13.2. The molecule has 45 heavy (non-hydrogen) atoms. The second-order valence-electron chi connectivity index (χ2n) is 11.4. The third kappa shape index (κ3) is 18.4. The first-order valence-corrected chi connectivity index (χ1v) is 15.8. The van der Waals surface area contributed by atoms with Gasteiger partial charge in [0.2, 0.25) is 12.3 Å². The molecule has 1 unspecified atom stereocenters. The van der Waals surface area contributed by atoms with E-state index in [1.165, 1.54) is 12.1 Å². The molecule has 0 radical (unpaired) electrons. The van der Waals surface area contributed by atoms with Crippen LogP contribution in [0.3, 0.4) is 0 Å². The van der Waals surface area contributed by atoms with Gasteiger partial charge in [0.15, 0.2) is 5.82 Å². The molecular formula is C37H51FN4O3. The number of aliphatic hydroxyl groups is 1. The molecule has 8 heteroatoms. The zero-order valence-corrected chi connectivity index (χ0v) is 27.3. The van der Waals surface area contributed by atoms with Gasteiger partial charge < -0.3 is 25.8 Å². The van der Waals surface area contributed by atoms with Gasteiger partial charge in [-0.25, -0.2) is 9.37 Å². The molecular weight excluding hydrogens is 567 g/mol. The van der Waals surface area contributed by atoms with Crippen LogP contribution in [0.2, 0.25) is 0 Å². The Labute approximate surface area is 269 Å². The molecule has 2 rings (SSSR count). The van der Waals surface area contributed by atoms with Crippen LogP contribution in [0, 0.1) is 5.82 Å². The lowest BCUT2D eigenvalue weighted by Gasteiger charge is -2.25. The third-order valence-corrected chi connectivity index (χ3v) is 6.21. The maximum atomic E-state index is 13.2. The Kier molecular flexibility index (Phi) is 17.9. The van der Waals surface area contributed by atoms with Crippen molar-refractivity contribution in [2.75, 3.05) is 16.0 Å². The molecule has 4 N–H and O–H groups in total. The highest BCUT2D eigenvalue weighted by molar-refractivity contribution is 5.93. The normalized spacial score (nSPS) is 13.1. The number of hydrogen-bond acceptors (Lipinski definition) is 6. The second kappa shape index (κ2) is 21.7. The standard InChI is InChI=1S/C37H51FN4O3/c1-5-6-7-8-9-10-11-12-13-14-15-16-17-18-19-20-21-22-34(43)40-32-27-28-33(39-29-30-23-25-31(38)26-24-30)41-35(32)42-36(44)45-37(2,3)4/h6-7,9-10,12-13,15-16,18-19,23-28,36,44H,5,8,11,14,17,20-22,29H2,1-4H3,(H,40,43)(H2,39,41,42). The Hall–Kier alpha value is -4.01. The molecule has 0 bridgehead atoms. The number of rotatable bonds is 20. The van der Waals surface area contributed by atoms with E-state index in [9.17, 15) is 14.3 Å². The van der Waals surface area contributed by atoms with E-state index >= 15 is 0 Å². The summed E-state index contributed by atoms with van der Waals surface area (Å²) in [5, 5.41) is 19.3. The average Bonchev–Trinajstić information content (AvgIpc) is 2.98. The number of pyridine rings is 1. The number of nitrogens with one attached hydrogen (secondary N) is 3. The first kappa shape index (κ1) is 37.2. The second-order valence-corrected chi connectivity index (χ2v) is 11.4. The van der Waals surface area contributed by atoms with E-state index in [1.807, 2.05) is 20.8 Å². The molecule has 0 aliphatic heterocycles. The molecule has 0 saturated carbocycles. The molecule has 1 atom stereocenters. The molecule has 0 spiro atoms. The summed E-state index contributed by atoms with van der Waals surface area (Å²) in [6, 6.07) is 9.63. The van der Waals surface area contributed by atoms with Gasteiger partial charge in [0.05, 0.1) is 11.3 Å². The highest BCUT2D eigenvalue weighted by Gasteiger charge is 2.19. The van der Waals surface area contributed by atoms with Gasteiger partial charge in [-0.1, -0.05) is 79.8 Å². The van der Waals surface area contributed by atoms with Crippen LogP contribution in [-0.4, -0.2) is 28.0 Å². The van der Waals surface area contributed by atoms with Crippen molar-refractivity contribution in [3.63, 3.8) is 0 Å². The van der Waals surface area contributed by atoms with Gasteiger partial charge in [-0.05, 0) is 95.5 Å². The topological polar surface area (TPSA) is 95.5 Å². The van der Waals surface area contributed by atoms with E-state index in [2.05, 4.69) is 88.6 Å². The number of hydrogen-bond donors (Lipinski definition) is 4. The van der Waals surface area contributed by atoms with Crippen molar-refractivity contribution in [1.82, 2.24) is 4.98 Å². The van der Waals surface area contributed by atoms with Crippen molar-refractivity contribution in [2.45, 2.75) is 97.6 Å². The van der Waals surface area contributed by atoms with Gasteiger partial charge in [0, 0.05) is 13.0 Å². The Morgan fingerprint density at radius 1 is 0.889 bits per heavy atom. The van der Waals surface area contributed by atoms with Crippen LogP contribution in [-0.2, 0) is 16.1 Å². The number of carbonyl (C=O) groups is 1. The van der Waals surface area contributed by atoms with Gasteiger partial charge in [0.1, 0.15) is 11.6 Å². The lowest BCUT2D eigenvalue weighted by Crippen LogP contribution is -2.33. The third-order valence-electron chi connectivity index (χ3n) is 6.21. The van der Waals surface area contributed by atoms with Crippen molar-refractivity contribution >= 4 is 23.2 Å². The summed E-state index contributed by atoms with van der Waals surface area (Å²) in [6.45, 7) is 8.04. The predicted molar refractivity (Wildman–Crippen MR) is 185 cm³/mol. The number of aliphatic hydroxyl groups excluding tert-OH is 1. The summed E-state index contributed by atoms with van der Waals surface area (Å²) in [4.78, 5) is 17.2. The first-order valence-electron chi connectivity index (χ1n) is 15.8. The van der Waals surface area contributed by atoms with Crippen molar-refractivity contribution in [3.05, 3.63) is 109 Å². The van der Waals surface area contributed by atoms with Crippen molar-refractivity contribution in [1.29, 1.82) is 0 Å². The van der Waals surface area contributed by atoms with Crippen LogP contribution in [0.1, 0.15) is 84.6 Å². The van der Waals surface area contributed by atoms with E-state index < -0.39 is 12.0 Å². The monoisotopic (exact) mass is 618 g/mol. The SMILES string of the molecule is CCC=CCC=CCC=CCC=CCC=CCCCC(=O)Nc1ccc(NCc2ccc(F)cc2)nc1NC(O)OC(C)(C)C. The molecule has 1 amide bonds. The quantitative estimate of drug-likeness (QED) is 0.0671. The number of ether oxygens (including phenoxy) is 1. The lowest BCUT2D eigenvalue weighted by molar-refractivity contribution is -0.148. The fraction of sp³-hybridized carbons (Fsp3) is 0.405. The van der Waals surface area contributed by atoms with Gasteiger partial charge in [-0.2, -0.15) is 0 Å². The smallest absolute Gasteiger partial charge is 0.237 e. The van der Waals surface area contributed by atoms with E-state index in [0.717, 1.165) is 44.1 Å². The molecule has 1 aromatic carbocycles. The minimum atomic E-state index is -1.34. The van der Waals surface area contributed by atoms with Crippen LogP contribution >= 0.6 is 0 Å². The van der Waals surface area contributed by atoms with Gasteiger partial charge in [-0.15, -0.1) is 0 Å².